The Morgan fingerprint density at radius 3 is 3.17 bits per heavy atom. The van der Waals surface area contributed by atoms with Gasteiger partial charge in [0.15, 0.2) is 0 Å². The van der Waals surface area contributed by atoms with Crippen LogP contribution in [-0.4, -0.2) is 32.9 Å². The van der Waals surface area contributed by atoms with Crippen molar-refractivity contribution in [2.75, 3.05) is 32.2 Å². The van der Waals surface area contributed by atoms with Crippen LogP contribution < -0.4 is 15.8 Å². The van der Waals surface area contributed by atoms with Gasteiger partial charge in [0.25, 0.3) is 0 Å². The Morgan fingerprint density at radius 2 is 2.39 bits per heavy atom. The summed E-state index contributed by atoms with van der Waals surface area (Å²) in [7, 11) is 1.73. The summed E-state index contributed by atoms with van der Waals surface area (Å²) in [4.78, 5) is 0. The molecule has 0 amide bonds. The molecule has 0 fully saturated rings. The molecule has 100 valence electrons. The maximum atomic E-state index is 5.56. The molecule has 0 bridgehead atoms. The molecular formula is C14H22N2O2. The molecule has 1 aliphatic heterocycles. The molecule has 0 saturated carbocycles. The summed E-state index contributed by atoms with van der Waals surface area (Å²) in [5, 5.41) is 3.51. The van der Waals surface area contributed by atoms with Gasteiger partial charge >= 0.3 is 0 Å². The Hall–Kier alpha value is -1.26. The average molecular weight is 250 g/mol. The number of ether oxygens (including phenoxy) is 2. The van der Waals surface area contributed by atoms with Crippen LogP contribution in [0.4, 0.5) is 5.69 Å². The van der Waals surface area contributed by atoms with E-state index in [1.165, 1.54) is 5.56 Å². The third kappa shape index (κ3) is 3.37. The van der Waals surface area contributed by atoms with Gasteiger partial charge in [0.2, 0.25) is 0 Å². The summed E-state index contributed by atoms with van der Waals surface area (Å²) in [6.07, 6.45) is 3.04. The molecule has 1 heterocycles. The van der Waals surface area contributed by atoms with Crippen LogP contribution >= 0.6 is 0 Å². The zero-order valence-corrected chi connectivity index (χ0v) is 10.9. The second-order valence-electron chi connectivity index (χ2n) is 4.65. The second-order valence-corrected chi connectivity index (χ2v) is 4.65. The van der Waals surface area contributed by atoms with Crippen LogP contribution in [0.3, 0.4) is 0 Å². The van der Waals surface area contributed by atoms with Gasteiger partial charge in [-0.2, -0.15) is 0 Å². The minimum Gasteiger partial charge on any atom is -0.493 e. The van der Waals surface area contributed by atoms with Crippen molar-refractivity contribution in [2.24, 2.45) is 5.73 Å². The average Bonchev–Trinajstić information content (AvgIpc) is 2.83. The van der Waals surface area contributed by atoms with E-state index < -0.39 is 0 Å². The number of hydrogen-bond donors (Lipinski definition) is 2. The number of methoxy groups -OCH3 is 1. The SMILES string of the molecule is COCC(CCCN)Nc1ccc2c(c1)CCO2. The van der Waals surface area contributed by atoms with E-state index in [2.05, 4.69) is 17.4 Å². The van der Waals surface area contributed by atoms with E-state index in [4.69, 9.17) is 15.2 Å². The molecule has 4 nitrogen and oxygen atoms in total. The van der Waals surface area contributed by atoms with Crippen LogP contribution in [0.2, 0.25) is 0 Å². The molecule has 1 aliphatic rings. The zero-order chi connectivity index (χ0) is 12.8. The quantitative estimate of drug-likeness (QED) is 0.774. The number of nitrogens with two attached hydrogens (primary N) is 1. The van der Waals surface area contributed by atoms with Crippen molar-refractivity contribution >= 4 is 5.69 Å². The number of anilines is 1. The van der Waals surface area contributed by atoms with Gasteiger partial charge in [-0.25, -0.2) is 0 Å². The van der Waals surface area contributed by atoms with Crippen molar-refractivity contribution in [1.82, 2.24) is 0 Å². The molecule has 1 aromatic carbocycles. The standard InChI is InChI=1S/C14H22N2O2/c1-17-10-13(3-2-7-15)16-12-4-5-14-11(9-12)6-8-18-14/h4-5,9,13,16H,2-3,6-8,10,15H2,1H3. The van der Waals surface area contributed by atoms with Gasteiger partial charge in [-0.05, 0) is 43.1 Å². The topological polar surface area (TPSA) is 56.5 Å². The van der Waals surface area contributed by atoms with Crippen LogP contribution in [-0.2, 0) is 11.2 Å². The van der Waals surface area contributed by atoms with Gasteiger partial charge in [-0.3, -0.25) is 0 Å². The molecular weight excluding hydrogens is 228 g/mol. The molecule has 0 saturated heterocycles. The van der Waals surface area contributed by atoms with Crippen LogP contribution in [0.5, 0.6) is 5.75 Å². The summed E-state index contributed by atoms with van der Waals surface area (Å²) in [5.41, 5.74) is 7.98. The number of nitrogens with one attached hydrogen (secondary N) is 1. The monoisotopic (exact) mass is 250 g/mol. The highest BCUT2D eigenvalue weighted by Crippen LogP contribution is 2.28. The Balaban J connectivity index is 1.97. The van der Waals surface area contributed by atoms with Crippen LogP contribution in [0.1, 0.15) is 18.4 Å². The fourth-order valence-electron chi connectivity index (χ4n) is 2.27. The van der Waals surface area contributed by atoms with Gasteiger partial charge in [0.05, 0.1) is 13.2 Å². The predicted molar refractivity (Wildman–Crippen MR) is 73.2 cm³/mol. The van der Waals surface area contributed by atoms with Crippen LogP contribution in [0.25, 0.3) is 0 Å². The lowest BCUT2D eigenvalue weighted by atomic mass is 10.1. The predicted octanol–water partition coefficient (Wildman–Crippen LogP) is 1.79. The third-order valence-corrected chi connectivity index (χ3v) is 3.18. The number of hydrogen-bond acceptors (Lipinski definition) is 4. The minimum absolute atomic E-state index is 0.318. The van der Waals surface area contributed by atoms with E-state index in [1.807, 2.05) is 6.07 Å². The molecule has 0 spiro atoms. The van der Waals surface area contributed by atoms with E-state index >= 15 is 0 Å². The van der Waals surface area contributed by atoms with Crippen LogP contribution in [0, 0.1) is 0 Å². The Kier molecular flexibility index (Phi) is 4.84. The number of rotatable bonds is 7. The fraction of sp³-hybridized carbons (Fsp3) is 0.571. The molecule has 1 aromatic rings. The Labute approximate surface area is 108 Å². The molecule has 0 aromatic heterocycles. The van der Waals surface area contributed by atoms with Crippen molar-refractivity contribution in [1.29, 1.82) is 0 Å². The molecule has 1 atom stereocenters. The summed E-state index contributed by atoms with van der Waals surface area (Å²) in [6, 6.07) is 6.60. The molecule has 4 heteroatoms. The lowest BCUT2D eigenvalue weighted by Crippen LogP contribution is -2.25. The molecule has 2 rings (SSSR count). The number of fused-ring (bicyclic) bond motifs is 1. The van der Waals surface area contributed by atoms with Gasteiger partial charge < -0.3 is 20.5 Å². The van der Waals surface area contributed by atoms with Crippen molar-refractivity contribution in [3.8, 4) is 5.75 Å². The minimum atomic E-state index is 0.318. The first-order valence-electron chi connectivity index (χ1n) is 6.54. The highest BCUT2D eigenvalue weighted by Gasteiger charge is 2.13. The lowest BCUT2D eigenvalue weighted by molar-refractivity contribution is 0.182. The first-order valence-corrected chi connectivity index (χ1v) is 6.54. The smallest absolute Gasteiger partial charge is 0.122 e. The van der Waals surface area contributed by atoms with E-state index in [1.54, 1.807) is 7.11 Å². The normalized spacial score (nSPS) is 15.0. The largest absolute Gasteiger partial charge is 0.493 e. The molecule has 18 heavy (non-hydrogen) atoms. The highest BCUT2D eigenvalue weighted by molar-refractivity contribution is 5.52. The Bertz CT molecular complexity index is 382. The molecule has 0 radical (unpaired) electrons. The van der Waals surface area contributed by atoms with E-state index in [-0.39, 0.29) is 0 Å². The van der Waals surface area contributed by atoms with E-state index in [0.29, 0.717) is 12.6 Å². The molecule has 0 aliphatic carbocycles. The third-order valence-electron chi connectivity index (χ3n) is 3.18. The van der Waals surface area contributed by atoms with Gasteiger partial charge in [-0.1, -0.05) is 0 Å². The van der Waals surface area contributed by atoms with E-state index in [0.717, 1.165) is 43.9 Å². The first-order chi connectivity index (χ1) is 8.83. The maximum Gasteiger partial charge on any atom is 0.122 e. The lowest BCUT2D eigenvalue weighted by Gasteiger charge is -2.19. The van der Waals surface area contributed by atoms with Crippen molar-refractivity contribution in [3.05, 3.63) is 23.8 Å². The Morgan fingerprint density at radius 1 is 1.50 bits per heavy atom. The second kappa shape index (κ2) is 6.61. The van der Waals surface area contributed by atoms with Gasteiger partial charge in [0, 0.05) is 25.3 Å². The molecule has 1 unspecified atom stereocenters. The van der Waals surface area contributed by atoms with Crippen molar-refractivity contribution in [2.45, 2.75) is 25.3 Å². The van der Waals surface area contributed by atoms with Crippen molar-refractivity contribution in [3.63, 3.8) is 0 Å². The van der Waals surface area contributed by atoms with Crippen LogP contribution in [0.15, 0.2) is 18.2 Å². The summed E-state index contributed by atoms with van der Waals surface area (Å²) in [5.74, 6) is 1.02. The summed E-state index contributed by atoms with van der Waals surface area (Å²) in [6.45, 7) is 2.22. The maximum absolute atomic E-state index is 5.56. The summed E-state index contributed by atoms with van der Waals surface area (Å²) >= 11 is 0. The fourth-order valence-corrected chi connectivity index (χ4v) is 2.27. The van der Waals surface area contributed by atoms with E-state index in [9.17, 15) is 0 Å². The van der Waals surface area contributed by atoms with Gasteiger partial charge in [-0.15, -0.1) is 0 Å². The number of benzene rings is 1. The van der Waals surface area contributed by atoms with Gasteiger partial charge in [0.1, 0.15) is 5.75 Å². The summed E-state index contributed by atoms with van der Waals surface area (Å²) < 4.78 is 10.7. The van der Waals surface area contributed by atoms with Crippen molar-refractivity contribution < 1.29 is 9.47 Å². The highest BCUT2D eigenvalue weighted by atomic mass is 16.5. The molecule has 3 N–H and O–H groups in total. The first kappa shape index (κ1) is 13.2. The zero-order valence-electron chi connectivity index (χ0n) is 10.9.